The summed E-state index contributed by atoms with van der Waals surface area (Å²) in [5.41, 5.74) is 0.412. The standard InChI is InChI=1S/C11H14O5S/c1-2-15-11(14)8-3-5-16-9(8)7-17-6-4-10(12)13/h3,5H,2,4,6-7H2,1H3,(H,12,13). The van der Waals surface area contributed by atoms with E-state index in [2.05, 4.69) is 0 Å². The molecule has 0 saturated heterocycles. The third-order valence-electron chi connectivity index (χ3n) is 1.93. The molecule has 0 radical (unpaired) electrons. The number of carboxylic acid groups (broad SMARTS) is 1. The Bertz CT molecular complexity index is 385. The van der Waals surface area contributed by atoms with Gasteiger partial charge in [0.1, 0.15) is 11.3 Å². The number of carboxylic acids is 1. The van der Waals surface area contributed by atoms with E-state index in [1.54, 1.807) is 13.0 Å². The predicted molar refractivity (Wildman–Crippen MR) is 63.1 cm³/mol. The zero-order valence-corrected chi connectivity index (χ0v) is 10.3. The first-order valence-corrected chi connectivity index (χ1v) is 6.33. The molecule has 0 saturated carbocycles. The van der Waals surface area contributed by atoms with Crippen LogP contribution in [0.5, 0.6) is 0 Å². The molecule has 1 aromatic heterocycles. The fourth-order valence-electron chi connectivity index (χ4n) is 1.17. The fraction of sp³-hybridized carbons (Fsp3) is 0.455. The second kappa shape index (κ2) is 7.01. The van der Waals surface area contributed by atoms with Crippen LogP contribution in [0.3, 0.4) is 0 Å². The van der Waals surface area contributed by atoms with Gasteiger partial charge in [-0.3, -0.25) is 4.79 Å². The Hall–Kier alpha value is -1.43. The van der Waals surface area contributed by atoms with Crippen molar-refractivity contribution < 1.29 is 23.8 Å². The van der Waals surface area contributed by atoms with E-state index in [9.17, 15) is 9.59 Å². The minimum Gasteiger partial charge on any atom is -0.481 e. The van der Waals surface area contributed by atoms with Crippen LogP contribution in [-0.2, 0) is 15.3 Å². The summed E-state index contributed by atoms with van der Waals surface area (Å²) in [4.78, 5) is 21.8. The molecule has 17 heavy (non-hydrogen) atoms. The van der Waals surface area contributed by atoms with Gasteiger partial charge in [-0.25, -0.2) is 4.79 Å². The zero-order chi connectivity index (χ0) is 12.7. The topological polar surface area (TPSA) is 76.7 Å². The van der Waals surface area contributed by atoms with Crippen molar-refractivity contribution in [1.29, 1.82) is 0 Å². The van der Waals surface area contributed by atoms with Gasteiger partial charge in [0.15, 0.2) is 0 Å². The average molecular weight is 258 g/mol. The molecule has 0 atom stereocenters. The number of furan rings is 1. The molecule has 0 aliphatic rings. The van der Waals surface area contributed by atoms with Gasteiger partial charge in [-0.2, -0.15) is 11.8 Å². The van der Waals surface area contributed by atoms with Crippen LogP contribution in [-0.4, -0.2) is 29.4 Å². The van der Waals surface area contributed by atoms with Crippen LogP contribution in [0.1, 0.15) is 29.5 Å². The van der Waals surface area contributed by atoms with E-state index in [-0.39, 0.29) is 6.42 Å². The molecule has 0 aliphatic heterocycles. The molecule has 0 bridgehead atoms. The van der Waals surface area contributed by atoms with Crippen LogP contribution in [0.2, 0.25) is 0 Å². The number of carbonyl (C=O) groups excluding carboxylic acids is 1. The highest BCUT2D eigenvalue weighted by Crippen LogP contribution is 2.19. The first-order valence-electron chi connectivity index (χ1n) is 5.18. The van der Waals surface area contributed by atoms with Crippen molar-refractivity contribution in [3.05, 3.63) is 23.7 Å². The quantitative estimate of drug-likeness (QED) is 0.596. The van der Waals surface area contributed by atoms with E-state index < -0.39 is 11.9 Å². The van der Waals surface area contributed by atoms with E-state index in [1.165, 1.54) is 18.0 Å². The summed E-state index contributed by atoms with van der Waals surface area (Å²) in [5, 5.41) is 8.47. The van der Waals surface area contributed by atoms with E-state index in [4.69, 9.17) is 14.3 Å². The number of ether oxygens (including phenoxy) is 1. The number of hydrogen-bond donors (Lipinski definition) is 1. The van der Waals surface area contributed by atoms with Crippen LogP contribution >= 0.6 is 11.8 Å². The predicted octanol–water partition coefficient (Wildman–Crippen LogP) is 2.16. The van der Waals surface area contributed by atoms with Crippen molar-refractivity contribution in [2.75, 3.05) is 12.4 Å². The molecule has 94 valence electrons. The van der Waals surface area contributed by atoms with Crippen molar-refractivity contribution in [3.8, 4) is 0 Å². The van der Waals surface area contributed by atoms with Crippen LogP contribution in [0, 0.1) is 0 Å². The second-order valence-electron chi connectivity index (χ2n) is 3.17. The van der Waals surface area contributed by atoms with Crippen LogP contribution in [0.15, 0.2) is 16.7 Å². The van der Waals surface area contributed by atoms with Crippen molar-refractivity contribution in [3.63, 3.8) is 0 Å². The van der Waals surface area contributed by atoms with E-state index in [0.29, 0.717) is 29.4 Å². The number of carbonyl (C=O) groups is 2. The van der Waals surface area contributed by atoms with E-state index >= 15 is 0 Å². The normalized spacial score (nSPS) is 10.2. The SMILES string of the molecule is CCOC(=O)c1ccoc1CSCCC(=O)O. The maximum absolute atomic E-state index is 11.5. The highest BCUT2D eigenvalue weighted by atomic mass is 32.2. The highest BCUT2D eigenvalue weighted by Gasteiger charge is 2.15. The zero-order valence-electron chi connectivity index (χ0n) is 9.47. The van der Waals surface area contributed by atoms with Gasteiger partial charge in [-0.1, -0.05) is 0 Å². The third-order valence-corrected chi connectivity index (χ3v) is 2.89. The molecule has 1 N–H and O–H groups in total. The lowest BCUT2D eigenvalue weighted by Gasteiger charge is -2.02. The molecule has 1 rings (SSSR count). The summed E-state index contributed by atoms with van der Waals surface area (Å²) in [5.74, 6) is 0.240. The second-order valence-corrected chi connectivity index (χ2v) is 4.28. The number of thioether (sulfide) groups is 1. The maximum Gasteiger partial charge on any atom is 0.341 e. The Balaban J connectivity index is 2.45. The first kappa shape index (κ1) is 13.6. The Morgan fingerprint density at radius 3 is 2.94 bits per heavy atom. The lowest BCUT2D eigenvalue weighted by molar-refractivity contribution is -0.136. The molecule has 0 fully saturated rings. The third kappa shape index (κ3) is 4.52. The Labute approximate surface area is 103 Å². The van der Waals surface area contributed by atoms with Gasteiger partial charge in [0.05, 0.1) is 25.0 Å². The monoisotopic (exact) mass is 258 g/mol. The van der Waals surface area contributed by atoms with Crippen molar-refractivity contribution in [2.24, 2.45) is 0 Å². The molecule has 0 aromatic carbocycles. The summed E-state index contributed by atoms with van der Waals surface area (Å²) < 4.78 is 10.0. The van der Waals surface area contributed by atoms with Gasteiger partial charge in [0.2, 0.25) is 0 Å². The van der Waals surface area contributed by atoms with Crippen molar-refractivity contribution in [2.45, 2.75) is 19.1 Å². The first-order chi connectivity index (χ1) is 8.15. The number of aliphatic carboxylic acids is 1. The summed E-state index contributed by atoms with van der Waals surface area (Å²) >= 11 is 1.41. The van der Waals surface area contributed by atoms with Crippen LogP contribution in [0.4, 0.5) is 0 Å². The van der Waals surface area contributed by atoms with Crippen LogP contribution < -0.4 is 0 Å². The van der Waals surface area contributed by atoms with Gasteiger partial charge in [0, 0.05) is 5.75 Å². The van der Waals surface area contributed by atoms with Crippen molar-refractivity contribution >= 4 is 23.7 Å². The Morgan fingerprint density at radius 1 is 1.53 bits per heavy atom. The summed E-state index contributed by atoms with van der Waals surface area (Å²) in [6.45, 7) is 2.05. The van der Waals surface area contributed by atoms with Gasteiger partial charge < -0.3 is 14.3 Å². The molecular formula is C11H14O5S. The van der Waals surface area contributed by atoms with Gasteiger partial charge in [0.25, 0.3) is 0 Å². The average Bonchev–Trinajstić information content (AvgIpc) is 2.72. The van der Waals surface area contributed by atoms with Crippen LogP contribution in [0.25, 0.3) is 0 Å². The van der Waals surface area contributed by atoms with E-state index in [1.807, 2.05) is 0 Å². The molecule has 0 spiro atoms. The molecule has 1 heterocycles. The maximum atomic E-state index is 11.5. The molecule has 0 unspecified atom stereocenters. The number of rotatable bonds is 7. The lowest BCUT2D eigenvalue weighted by atomic mass is 10.3. The molecule has 0 aliphatic carbocycles. The molecule has 5 nitrogen and oxygen atoms in total. The molecule has 6 heteroatoms. The Morgan fingerprint density at radius 2 is 2.29 bits per heavy atom. The molecular weight excluding hydrogens is 244 g/mol. The van der Waals surface area contributed by atoms with Gasteiger partial charge in [-0.15, -0.1) is 0 Å². The highest BCUT2D eigenvalue weighted by molar-refractivity contribution is 7.98. The molecule has 1 aromatic rings. The van der Waals surface area contributed by atoms with Crippen molar-refractivity contribution in [1.82, 2.24) is 0 Å². The molecule has 0 amide bonds. The summed E-state index contributed by atoms with van der Waals surface area (Å²) in [6, 6.07) is 1.56. The fourth-order valence-corrected chi connectivity index (χ4v) is 2.04. The number of hydrogen-bond acceptors (Lipinski definition) is 5. The smallest absolute Gasteiger partial charge is 0.341 e. The van der Waals surface area contributed by atoms with Gasteiger partial charge in [-0.05, 0) is 13.0 Å². The Kier molecular flexibility index (Phi) is 5.62. The van der Waals surface area contributed by atoms with Gasteiger partial charge >= 0.3 is 11.9 Å². The lowest BCUT2D eigenvalue weighted by Crippen LogP contribution is -2.05. The minimum atomic E-state index is -0.831. The largest absolute Gasteiger partial charge is 0.481 e. The summed E-state index contributed by atoms with van der Waals surface area (Å²) in [7, 11) is 0. The number of esters is 1. The summed E-state index contributed by atoms with van der Waals surface area (Å²) in [6.07, 6.45) is 1.53. The van der Waals surface area contributed by atoms with E-state index in [0.717, 1.165) is 0 Å². The minimum absolute atomic E-state index is 0.0973.